The van der Waals surface area contributed by atoms with Crippen molar-refractivity contribution in [2.75, 3.05) is 31.1 Å². The Kier molecular flexibility index (Phi) is 6.23. The molecular weight excluding hydrogens is 467 g/mol. The lowest BCUT2D eigenvalue weighted by Crippen LogP contribution is -2.49. The number of nitrogens with zero attached hydrogens (tertiary/aromatic N) is 4. The number of hydrogen-bond acceptors (Lipinski definition) is 5. The number of para-hydroxylation sites is 1. The van der Waals surface area contributed by atoms with Gasteiger partial charge in [0.05, 0.1) is 16.3 Å². The molecule has 0 unspecified atom stereocenters. The highest BCUT2D eigenvalue weighted by molar-refractivity contribution is 7.89. The van der Waals surface area contributed by atoms with Gasteiger partial charge < -0.3 is 4.90 Å². The summed E-state index contributed by atoms with van der Waals surface area (Å²) in [5.74, 6) is -0.305. The molecule has 184 valence electrons. The number of aryl methyl sites for hydroxylation is 2. The Morgan fingerprint density at radius 1 is 0.943 bits per heavy atom. The van der Waals surface area contributed by atoms with Crippen LogP contribution in [0.25, 0.3) is 11.3 Å². The lowest BCUT2D eigenvalue weighted by Gasteiger charge is -2.35. The van der Waals surface area contributed by atoms with E-state index in [1.54, 1.807) is 44.3 Å². The number of hydrogen-bond donors (Lipinski definition) is 0. The van der Waals surface area contributed by atoms with Gasteiger partial charge in [0.25, 0.3) is 5.56 Å². The Hall–Kier alpha value is -3.04. The zero-order valence-electron chi connectivity index (χ0n) is 20.0. The quantitative estimate of drug-likeness (QED) is 0.554. The van der Waals surface area contributed by atoms with Gasteiger partial charge in [0.1, 0.15) is 5.82 Å². The Morgan fingerprint density at radius 3 is 2.34 bits per heavy atom. The van der Waals surface area contributed by atoms with Crippen molar-refractivity contribution in [1.29, 1.82) is 0 Å². The predicted octanol–water partition coefficient (Wildman–Crippen LogP) is 3.28. The van der Waals surface area contributed by atoms with E-state index in [1.807, 2.05) is 11.0 Å². The minimum atomic E-state index is -3.76. The molecule has 2 aliphatic rings. The standard InChI is InChI=1S/C26H29FN4O3S/c1-18-11-12-19(25-20-7-3-4-8-21(20)26(32)29(2)28-25)17-24(18)35(33,34)31-15-13-30(14-16-31)23-10-6-5-9-22(23)27/h5-6,9-12,17H,3-4,7-8,13-16H2,1-2H3. The van der Waals surface area contributed by atoms with E-state index < -0.39 is 10.0 Å². The summed E-state index contributed by atoms with van der Waals surface area (Å²) in [7, 11) is -2.12. The first-order valence-corrected chi connectivity index (χ1v) is 13.4. The fourth-order valence-corrected chi connectivity index (χ4v) is 6.80. The fraction of sp³-hybridized carbons (Fsp3) is 0.385. The smallest absolute Gasteiger partial charge is 0.269 e. The summed E-state index contributed by atoms with van der Waals surface area (Å²) < 4.78 is 44.4. The molecule has 0 spiro atoms. The molecule has 0 radical (unpaired) electrons. The van der Waals surface area contributed by atoms with Crippen LogP contribution in [0.1, 0.15) is 29.5 Å². The lowest BCUT2D eigenvalue weighted by molar-refractivity contribution is 0.383. The summed E-state index contributed by atoms with van der Waals surface area (Å²) in [6.07, 6.45) is 3.44. The summed E-state index contributed by atoms with van der Waals surface area (Å²) >= 11 is 0. The molecule has 5 rings (SSSR count). The van der Waals surface area contributed by atoms with Gasteiger partial charge in [-0.05, 0) is 61.9 Å². The van der Waals surface area contributed by atoms with E-state index in [-0.39, 0.29) is 29.4 Å². The highest BCUT2D eigenvalue weighted by atomic mass is 32.2. The van der Waals surface area contributed by atoms with E-state index in [1.165, 1.54) is 15.1 Å². The molecule has 3 aromatic rings. The molecule has 2 heterocycles. The molecule has 35 heavy (non-hydrogen) atoms. The van der Waals surface area contributed by atoms with E-state index in [0.29, 0.717) is 35.6 Å². The Morgan fingerprint density at radius 2 is 1.63 bits per heavy atom. The molecule has 0 atom stereocenters. The lowest BCUT2D eigenvalue weighted by atomic mass is 9.89. The van der Waals surface area contributed by atoms with Crippen molar-refractivity contribution in [1.82, 2.24) is 14.1 Å². The topological polar surface area (TPSA) is 75.5 Å². The maximum absolute atomic E-state index is 14.2. The van der Waals surface area contributed by atoms with E-state index in [4.69, 9.17) is 0 Å². The average Bonchev–Trinajstić information content (AvgIpc) is 2.87. The molecule has 0 bridgehead atoms. The molecule has 0 amide bonds. The molecule has 2 aromatic carbocycles. The van der Waals surface area contributed by atoms with E-state index >= 15 is 0 Å². The number of piperazine rings is 1. The number of fused-ring (bicyclic) bond motifs is 1. The zero-order chi connectivity index (χ0) is 24.7. The summed E-state index contributed by atoms with van der Waals surface area (Å²) in [6, 6.07) is 11.9. The van der Waals surface area contributed by atoms with Crippen molar-refractivity contribution >= 4 is 15.7 Å². The van der Waals surface area contributed by atoms with Gasteiger partial charge in [-0.3, -0.25) is 4.79 Å². The minimum Gasteiger partial charge on any atom is -0.367 e. The second-order valence-electron chi connectivity index (χ2n) is 9.26. The summed E-state index contributed by atoms with van der Waals surface area (Å²) in [6.45, 7) is 3.15. The zero-order valence-corrected chi connectivity index (χ0v) is 20.8. The molecule has 1 saturated heterocycles. The second kappa shape index (κ2) is 9.20. The first kappa shape index (κ1) is 23.7. The Labute approximate surface area is 204 Å². The number of benzene rings is 2. The van der Waals surface area contributed by atoms with Gasteiger partial charge in [-0.2, -0.15) is 9.40 Å². The van der Waals surface area contributed by atoms with Gasteiger partial charge in [0.15, 0.2) is 0 Å². The molecule has 9 heteroatoms. The largest absolute Gasteiger partial charge is 0.367 e. The van der Waals surface area contributed by atoms with Crippen molar-refractivity contribution < 1.29 is 12.8 Å². The molecule has 1 aliphatic carbocycles. The summed E-state index contributed by atoms with van der Waals surface area (Å²) in [4.78, 5) is 14.7. The normalized spacial score (nSPS) is 16.8. The molecule has 0 saturated carbocycles. The third kappa shape index (κ3) is 4.27. The van der Waals surface area contributed by atoms with Crippen LogP contribution in [0.5, 0.6) is 0 Å². The molecular formula is C26H29FN4O3S. The average molecular weight is 497 g/mol. The van der Waals surface area contributed by atoms with Gasteiger partial charge in [-0.15, -0.1) is 0 Å². The van der Waals surface area contributed by atoms with Crippen LogP contribution in [-0.2, 0) is 29.9 Å². The number of halogens is 1. The van der Waals surface area contributed by atoms with Crippen LogP contribution in [-0.4, -0.2) is 48.7 Å². The van der Waals surface area contributed by atoms with Crippen LogP contribution in [0.3, 0.4) is 0 Å². The van der Waals surface area contributed by atoms with Gasteiger partial charge >= 0.3 is 0 Å². The summed E-state index contributed by atoms with van der Waals surface area (Å²) in [5, 5.41) is 4.53. The SMILES string of the molecule is Cc1ccc(-c2nn(C)c(=O)c3c2CCCC3)cc1S(=O)(=O)N1CCN(c2ccccc2F)CC1. The van der Waals surface area contributed by atoms with Gasteiger partial charge in [-0.1, -0.05) is 24.3 Å². The first-order valence-electron chi connectivity index (χ1n) is 12.0. The van der Waals surface area contributed by atoms with Crippen LogP contribution in [0.15, 0.2) is 52.2 Å². The van der Waals surface area contributed by atoms with E-state index in [9.17, 15) is 17.6 Å². The van der Waals surface area contributed by atoms with Crippen LogP contribution in [0.2, 0.25) is 0 Å². The third-order valence-corrected chi connectivity index (χ3v) is 9.11. The van der Waals surface area contributed by atoms with E-state index in [0.717, 1.165) is 36.8 Å². The molecule has 1 aromatic heterocycles. The predicted molar refractivity (Wildman–Crippen MR) is 134 cm³/mol. The van der Waals surface area contributed by atoms with Gasteiger partial charge in [0, 0.05) is 44.4 Å². The monoisotopic (exact) mass is 496 g/mol. The number of sulfonamides is 1. The van der Waals surface area contributed by atoms with Crippen LogP contribution >= 0.6 is 0 Å². The van der Waals surface area contributed by atoms with Crippen LogP contribution in [0.4, 0.5) is 10.1 Å². The molecule has 1 aliphatic heterocycles. The number of aromatic nitrogens is 2. The Balaban J connectivity index is 1.46. The van der Waals surface area contributed by atoms with E-state index in [2.05, 4.69) is 5.10 Å². The van der Waals surface area contributed by atoms with Crippen LogP contribution < -0.4 is 10.5 Å². The number of rotatable bonds is 4. The Bertz CT molecular complexity index is 1440. The van der Waals surface area contributed by atoms with Crippen molar-refractivity contribution in [3.8, 4) is 11.3 Å². The highest BCUT2D eigenvalue weighted by Crippen LogP contribution is 2.32. The van der Waals surface area contributed by atoms with Crippen LogP contribution in [0, 0.1) is 12.7 Å². The maximum Gasteiger partial charge on any atom is 0.269 e. The van der Waals surface area contributed by atoms with Crippen molar-refractivity contribution in [2.24, 2.45) is 7.05 Å². The van der Waals surface area contributed by atoms with Gasteiger partial charge in [0.2, 0.25) is 10.0 Å². The molecule has 1 fully saturated rings. The number of anilines is 1. The molecule has 7 nitrogen and oxygen atoms in total. The summed E-state index contributed by atoms with van der Waals surface area (Å²) in [5.41, 5.74) is 4.19. The van der Waals surface area contributed by atoms with Crippen molar-refractivity contribution in [2.45, 2.75) is 37.5 Å². The van der Waals surface area contributed by atoms with Gasteiger partial charge in [-0.25, -0.2) is 17.5 Å². The van der Waals surface area contributed by atoms with Crippen molar-refractivity contribution in [3.63, 3.8) is 0 Å². The minimum absolute atomic E-state index is 0.0730. The maximum atomic E-state index is 14.2. The van der Waals surface area contributed by atoms with Crippen molar-refractivity contribution in [3.05, 3.63) is 75.3 Å². The third-order valence-electron chi connectivity index (χ3n) is 7.07. The fourth-order valence-electron chi connectivity index (χ4n) is 5.13. The first-order chi connectivity index (χ1) is 16.8. The second-order valence-corrected chi connectivity index (χ2v) is 11.2. The molecule has 0 N–H and O–H groups in total. The highest BCUT2D eigenvalue weighted by Gasteiger charge is 2.31.